The molecule has 2 aromatic carbocycles. The summed E-state index contributed by atoms with van der Waals surface area (Å²) in [6.07, 6.45) is 0.429. The van der Waals surface area contributed by atoms with Crippen LogP contribution in [0.3, 0.4) is 0 Å². The Morgan fingerprint density at radius 1 is 1.23 bits per heavy atom. The van der Waals surface area contributed by atoms with Gasteiger partial charge in [0.1, 0.15) is 5.82 Å². The lowest BCUT2D eigenvalue weighted by molar-refractivity contribution is -0.117. The molecule has 7 heteroatoms. The lowest BCUT2D eigenvalue weighted by Gasteiger charge is -2.28. The molecular weight excluding hydrogens is 355 g/mol. The highest BCUT2D eigenvalue weighted by molar-refractivity contribution is 7.91. The Balaban J connectivity index is 1.79. The van der Waals surface area contributed by atoms with Crippen molar-refractivity contribution < 1.29 is 17.6 Å². The second-order valence-corrected chi connectivity index (χ2v) is 8.70. The monoisotopic (exact) mass is 376 g/mol. The predicted molar refractivity (Wildman–Crippen MR) is 101 cm³/mol. The molecule has 0 aromatic heterocycles. The Hall–Kier alpha value is -2.41. The first-order valence-electron chi connectivity index (χ1n) is 8.43. The molecule has 138 valence electrons. The molecule has 1 aliphatic heterocycles. The molecule has 1 fully saturated rings. The van der Waals surface area contributed by atoms with Crippen LogP contribution in [0.2, 0.25) is 0 Å². The zero-order valence-electron chi connectivity index (χ0n) is 14.5. The van der Waals surface area contributed by atoms with Crippen molar-refractivity contribution in [3.63, 3.8) is 0 Å². The van der Waals surface area contributed by atoms with Crippen molar-refractivity contribution in [3.05, 3.63) is 59.9 Å². The highest BCUT2D eigenvalue weighted by atomic mass is 32.2. The maximum atomic E-state index is 13.2. The van der Waals surface area contributed by atoms with Crippen LogP contribution in [0.1, 0.15) is 12.0 Å². The highest BCUT2D eigenvalue weighted by Crippen LogP contribution is 2.25. The van der Waals surface area contributed by atoms with Crippen molar-refractivity contribution in [2.45, 2.75) is 19.4 Å². The van der Waals surface area contributed by atoms with Gasteiger partial charge in [0, 0.05) is 11.4 Å². The van der Waals surface area contributed by atoms with Crippen LogP contribution in [0.5, 0.6) is 0 Å². The number of amides is 1. The van der Waals surface area contributed by atoms with Gasteiger partial charge in [-0.2, -0.15) is 0 Å². The van der Waals surface area contributed by atoms with Crippen molar-refractivity contribution >= 4 is 27.1 Å². The van der Waals surface area contributed by atoms with E-state index in [1.807, 2.05) is 18.2 Å². The molecule has 1 saturated heterocycles. The third-order valence-corrected chi connectivity index (χ3v) is 6.25. The molecule has 5 nitrogen and oxygen atoms in total. The van der Waals surface area contributed by atoms with E-state index in [4.69, 9.17) is 0 Å². The maximum absolute atomic E-state index is 13.2. The fourth-order valence-corrected chi connectivity index (χ4v) is 4.91. The van der Waals surface area contributed by atoms with E-state index in [1.54, 1.807) is 30.0 Å². The van der Waals surface area contributed by atoms with Gasteiger partial charge in [0.25, 0.3) is 0 Å². The third-order valence-electron chi connectivity index (χ3n) is 4.50. The van der Waals surface area contributed by atoms with Gasteiger partial charge in [-0.05, 0) is 49.2 Å². The fourth-order valence-electron chi connectivity index (χ4n) is 3.21. The first kappa shape index (κ1) is 18.4. The number of halogens is 1. The maximum Gasteiger partial charge on any atom is 0.246 e. The molecule has 1 heterocycles. The highest BCUT2D eigenvalue weighted by Gasteiger charge is 2.35. The standard InChI is InChI=1S/C19H21FN2O3S/c1-14-11-15(20)7-8-18(14)21-12-19(23)22(16-5-3-2-4-6-16)17-9-10-26(24,25)13-17/h2-8,11,17,21H,9-10,12-13H2,1H3. The van der Waals surface area contributed by atoms with E-state index < -0.39 is 9.84 Å². The van der Waals surface area contributed by atoms with Gasteiger partial charge in [0.15, 0.2) is 9.84 Å². The molecule has 1 N–H and O–H groups in total. The summed E-state index contributed by atoms with van der Waals surface area (Å²) in [7, 11) is -3.12. The molecule has 0 bridgehead atoms. The van der Waals surface area contributed by atoms with Crippen LogP contribution in [-0.2, 0) is 14.6 Å². The van der Waals surface area contributed by atoms with E-state index in [9.17, 15) is 17.6 Å². The van der Waals surface area contributed by atoms with Crippen LogP contribution >= 0.6 is 0 Å². The molecule has 0 radical (unpaired) electrons. The summed E-state index contributed by atoms with van der Waals surface area (Å²) >= 11 is 0. The first-order valence-corrected chi connectivity index (χ1v) is 10.3. The Bertz CT molecular complexity index is 900. The summed E-state index contributed by atoms with van der Waals surface area (Å²) in [5.41, 5.74) is 2.05. The molecule has 3 rings (SSSR count). The SMILES string of the molecule is Cc1cc(F)ccc1NCC(=O)N(c1ccccc1)C1CCS(=O)(=O)C1. The molecular formula is C19H21FN2O3S. The number of anilines is 2. The second kappa shape index (κ2) is 7.45. The number of nitrogens with zero attached hydrogens (tertiary/aromatic N) is 1. The molecule has 0 aliphatic carbocycles. The molecule has 1 unspecified atom stereocenters. The van der Waals surface area contributed by atoms with Crippen LogP contribution < -0.4 is 10.2 Å². The van der Waals surface area contributed by atoms with E-state index in [2.05, 4.69) is 5.32 Å². The number of para-hydroxylation sites is 1. The summed E-state index contributed by atoms with van der Waals surface area (Å²) in [6.45, 7) is 1.76. The molecule has 2 aromatic rings. The fraction of sp³-hybridized carbons (Fsp3) is 0.316. The minimum absolute atomic E-state index is 0.00207. The van der Waals surface area contributed by atoms with Gasteiger partial charge in [-0.3, -0.25) is 4.79 Å². The Kier molecular flexibility index (Phi) is 5.27. The summed E-state index contributed by atoms with van der Waals surface area (Å²) in [5.74, 6) is -0.481. The Morgan fingerprint density at radius 3 is 2.58 bits per heavy atom. The number of rotatable bonds is 5. The zero-order chi connectivity index (χ0) is 18.7. The molecule has 1 aliphatic rings. The van der Waals surface area contributed by atoms with Gasteiger partial charge < -0.3 is 10.2 Å². The number of nitrogens with one attached hydrogen (secondary N) is 1. The van der Waals surface area contributed by atoms with E-state index in [0.29, 0.717) is 23.4 Å². The van der Waals surface area contributed by atoms with E-state index in [1.165, 1.54) is 12.1 Å². The summed E-state index contributed by atoms with van der Waals surface area (Å²) in [6, 6.07) is 13.0. The number of hydrogen-bond donors (Lipinski definition) is 1. The number of carbonyl (C=O) groups excluding carboxylic acids is 1. The lowest BCUT2D eigenvalue weighted by atomic mass is 10.1. The predicted octanol–water partition coefficient (Wildman–Crippen LogP) is 2.77. The van der Waals surface area contributed by atoms with Gasteiger partial charge >= 0.3 is 0 Å². The van der Waals surface area contributed by atoms with Crippen molar-refractivity contribution in [1.29, 1.82) is 0 Å². The first-order chi connectivity index (χ1) is 12.4. The minimum atomic E-state index is -3.12. The summed E-state index contributed by atoms with van der Waals surface area (Å²) < 4.78 is 36.9. The number of benzene rings is 2. The van der Waals surface area contributed by atoms with Crippen molar-refractivity contribution in [1.82, 2.24) is 0 Å². The molecule has 0 saturated carbocycles. The van der Waals surface area contributed by atoms with Gasteiger partial charge in [0.2, 0.25) is 5.91 Å². The average Bonchev–Trinajstić information content (AvgIpc) is 2.95. The molecule has 1 atom stereocenters. The smallest absolute Gasteiger partial charge is 0.246 e. The van der Waals surface area contributed by atoms with Gasteiger partial charge in [0.05, 0.1) is 24.1 Å². The van der Waals surface area contributed by atoms with Crippen LogP contribution in [0.15, 0.2) is 48.5 Å². The topological polar surface area (TPSA) is 66.5 Å². The number of sulfone groups is 1. The van der Waals surface area contributed by atoms with Crippen LogP contribution in [0.25, 0.3) is 0 Å². The molecule has 0 spiro atoms. The van der Waals surface area contributed by atoms with E-state index in [0.717, 1.165) is 0 Å². The van der Waals surface area contributed by atoms with Crippen molar-refractivity contribution in [2.24, 2.45) is 0 Å². The number of aryl methyl sites for hydroxylation is 1. The largest absolute Gasteiger partial charge is 0.376 e. The number of carbonyl (C=O) groups is 1. The summed E-state index contributed by atoms with van der Waals surface area (Å²) in [4.78, 5) is 14.5. The van der Waals surface area contributed by atoms with Crippen LogP contribution in [0.4, 0.5) is 15.8 Å². The Labute approximate surface area is 152 Å². The average molecular weight is 376 g/mol. The molecule has 1 amide bonds. The quantitative estimate of drug-likeness (QED) is 0.871. The van der Waals surface area contributed by atoms with E-state index >= 15 is 0 Å². The van der Waals surface area contributed by atoms with Crippen LogP contribution in [-0.4, -0.2) is 38.4 Å². The van der Waals surface area contributed by atoms with Crippen LogP contribution in [0, 0.1) is 12.7 Å². The normalized spacial score (nSPS) is 18.5. The Morgan fingerprint density at radius 2 is 1.96 bits per heavy atom. The van der Waals surface area contributed by atoms with Crippen molar-refractivity contribution in [2.75, 3.05) is 28.3 Å². The lowest BCUT2D eigenvalue weighted by Crippen LogP contribution is -2.44. The van der Waals surface area contributed by atoms with Gasteiger partial charge in [-0.25, -0.2) is 12.8 Å². The van der Waals surface area contributed by atoms with E-state index in [-0.39, 0.29) is 35.8 Å². The second-order valence-electron chi connectivity index (χ2n) is 6.47. The number of hydrogen-bond acceptors (Lipinski definition) is 4. The molecule has 26 heavy (non-hydrogen) atoms. The minimum Gasteiger partial charge on any atom is -0.376 e. The van der Waals surface area contributed by atoms with Crippen molar-refractivity contribution in [3.8, 4) is 0 Å². The van der Waals surface area contributed by atoms with Gasteiger partial charge in [-0.1, -0.05) is 18.2 Å². The summed E-state index contributed by atoms with van der Waals surface area (Å²) in [5, 5.41) is 3.03. The third kappa shape index (κ3) is 4.22. The zero-order valence-corrected chi connectivity index (χ0v) is 15.3. The van der Waals surface area contributed by atoms with Gasteiger partial charge in [-0.15, -0.1) is 0 Å².